The fourth-order valence-electron chi connectivity index (χ4n) is 2.84. The molecule has 0 radical (unpaired) electrons. The molecular weight excluding hydrogens is 350 g/mol. The molecule has 2 aliphatic rings. The summed E-state index contributed by atoms with van der Waals surface area (Å²) in [5, 5.41) is 3.07. The largest absolute Gasteiger partial charge is 0.495 e. The molecule has 7 heteroatoms. The van der Waals surface area contributed by atoms with Crippen LogP contribution in [0, 0.1) is 5.92 Å². The number of rotatable bonds is 6. The Morgan fingerprint density at radius 1 is 1.35 bits per heavy atom. The van der Waals surface area contributed by atoms with Crippen molar-refractivity contribution in [3.8, 4) is 5.75 Å². The van der Waals surface area contributed by atoms with Gasteiger partial charge in [-0.15, -0.1) is 0 Å². The van der Waals surface area contributed by atoms with Gasteiger partial charge in [-0.3, -0.25) is 14.5 Å². The minimum Gasteiger partial charge on any atom is -0.495 e. The highest BCUT2D eigenvalue weighted by Gasteiger charge is 2.33. The monoisotopic (exact) mass is 369 g/mol. The Morgan fingerprint density at radius 2 is 2.15 bits per heavy atom. The number of hydrogen-bond donors (Lipinski definition) is 1. The highest BCUT2D eigenvalue weighted by atomic mass is 32.1. The zero-order valence-corrected chi connectivity index (χ0v) is 15.2. The van der Waals surface area contributed by atoms with Crippen LogP contribution in [0.15, 0.2) is 53.6 Å². The Labute approximate surface area is 157 Å². The number of methoxy groups -OCH3 is 1. The molecule has 6 nitrogen and oxygen atoms in total. The van der Waals surface area contributed by atoms with E-state index in [1.54, 1.807) is 25.3 Å². The lowest BCUT2D eigenvalue weighted by atomic mass is 9.95. The van der Waals surface area contributed by atoms with Gasteiger partial charge in [0.2, 0.25) is 16.9 Å². The molecule has 1 aliphatic carbocycles. The first-order valence-corrected chi connectivity index (χ1v) is 8.72. The number of fused-ring (bicyclic) bond motifs is 1. The summed E-state index contributed by atoms with van der Waals surface area (Å²) in [6.07, 6.45) is 8.03. The van der Waals surface area contributed by atoms with E-state index in [-0.39, 0.29) is 29.3 Å². The van der Waals surface area contributed by atoms with Gasteiger partial charge in [0, 0.05) is 13.0 Å². The van der Waals surface area contributed by atoms with Gasteiger partial charge in [-0.2, -0.15) is 0 Å². The van der Waals surface area contributed by atoms with Crippen LogP contribution in [-0.2, 0) is 9.59 Å². The molecule has 0 saturated carbocycles. The number of ether oxygens (including phenoxy) is 1. The molecule has 1 N–H and O–H groups in total. The lowest BCUT2D eigenvalue weighted by Gasteiger charge is -2.30. The van der Waals surface area contributed by atoms with E-state index in [1.165, 1.54) is 4.90 Å². The normalized spacial score (nSPS) is 18.4. The van der Waals surface area contributed by atoms with E-state index in [2.05, 4.69) is 10.3 Å². The van der Waals surface area contributed by atoms with Crippen LogP contribution >= 0.6 is 12.2 Å². The predicted molar refractivity (Wildman–Crippen MR) is 104 cm³/mol. The van der Waals surface area contributed by atoms with Crippen LogP contribution in [0.5, 0.6) is 5.75 Å². The molecule has 0 aromatic heterocycles. The average molecular weight is 369 g/mol. The topological polar surface area (TPSA) is 71.0 Å². The maximum absolute atomic E-state index is 12.6. The number of anilines is 1. The third kappa shape index (κ3) is 3.88. The minimum atomic E-state index is -0.380. The van der Waals surface area contributed by atoms with E-state index in [0.29, 0.717) is 30.1 Å². The highest BCUT2D eigenvalue weighted by molar-refractivity contribution is 7.80. The maximum Gasteiger partial charge on any atom is 0.241 e. The van der Waals surface area contributed by atoms with Crippen molar-refractivity contribution >= 4 is 40.5 Å². The summed E-state index contributed by atoms with van der Waals surface area (Å²) in [6, 6.07) is 7.22. The van der Waals surface area contributed by atoms with E-state index in [0.717, 1.165) is 0 Å². The third-order valence-electron chi connectivity index (χ3n) is 4.15. The van der Waals surface area contributed by atoms with Crippen molar-refractivity contribution in [3.05, 3.63) is 48.6 Å². The Kier molecular flexibility index (Phi) is 5.58. The number of nitrogens with zero attached hydrogens (tertiary/aromatic N) is 2. The number of aliphatic imine (C=N–C) groups is 1. The lowest BCUT2D eigenvalue weighted by Crippen LogP contribution is -2.46. The van der Waals surface area contributed by atoms with Gasteiger partial charge in [0.25, 0.3) is 0 Å². The quantitative estimate of drug-likeness (QED) is 0.783. The molecule has 0 bridgehead atoms. The molecule has 1 atom stereocenters. The van der Waals surface area contributed by atoms with Crippen molar-refractivity contribution in [1.82, 2.24) is 4.90 Å². The summed E-state index contributed by atoms with van der Waals surface area (Å²) in [7, 11) is 1.55. The average Bonchev–Trinajstić information content (AvgIpc) is 2.65. The second kappa shape index (κ2) is 8.05. The molecule has 2 amide bonds. The van der Waals surface area contributed by atoms with Gasteiger partial charge in [-0.05, 0) is 36.8 Å². The minimum absolute atomic E-state index is 0.0919. The Balaban J connectivity index is 1.54. The number of carbonyl (C=O) groups is 2. The smallest absolute Gasteiger partial charge is 0.241 e. The number of allylic oxidation sites excluding steroid dienone is 3. The van der Waals surface area contributed by atoms with Crippen LogP contribution in [0.25, 0.3) is 0 Å². The standard InChI is InChI=1S/C19H19N3O3S/c1-25-16-10-5-4-9-15(16)20-17(23)11-6-12-22-18(24)13-7-2-3-8-14(13)21-19(22)26/h2-5,7-10,13H,6,11-12H2,1H3,(H,20,23). The van der Waals surface area contributed by atoms with Crippen LogP contribution < -0.4 is 10.1 Å². The van der Waals surface area contributed by atoms with Gasteiger partial charge in [0.05, 0.1) is 24.4 Å². The molecule has 1 aromatic carbocycles. The maximum atomic E-state index is 12.6. The first kappa shape index (κ1) is 18.0. The molecule has 26 heavy (non-hydrogen) atoms. The van der Waals surface area contributed by atoms with Crippen molar-refractivity contribution in [2.45, 2.75) is 12.8 Å². The van der Waals surface area contributed by atoms with Crippen molar-refractivity contribution in [3.63, 3.8) is 0 Å². The number of hydrogen-bond acceptors (Lipinski definition) is 4. The lowest BCUT2D eigenvalue weighted by molar-refractivity contribution is -0.128. The van der Waals surface area contributed by atoms with Crippen molar-refractivity contribution in [1.29, 1.82) is 0 Å². The summed E-state index contributed by atoms with van der Waals surface area (Å²) < 4.78 is 5.21. The SMILES string of the molecule is COc1ccccc1NC(=O)CCCN1C(=O)C2C=CC=CC2=NC1=S. The number of thiocarbonyl (C=S) groups is 1. The van der Waals surface area contributed by atoms with Gasteiger partial charge >= 0.3 is 0 Å². The zero-order chi connectivity index (χ0) is 18.5. The second-order valence-electron chi connectivity index (χ2n) is 5.88. The fraction of sp³-hybridized carbons (Fsp3) is 0.263. The van der Waals surface area contributed by atoms with Crippen LogP contribution in [0.2, 0.25) is 0 Å². The Hall–Kier alpha value is -2.80. The second-order valence-corrected chi connectivity index (χ2v) is 6.25. The van der Waals surface area contributed by atoms with Gasteiger partial charge < -0.3 is 10.1 Å². The van der Waals surface area contributed by atoms with Crippen molar-refractivity contribution in [2.75, 3.05) is 19.0 Å². The number of nitrogens with one attached hydrogen (secondary N) is 1. The van der Waals surface area contributed by atoms with Crippen LogP contribution in [0.4, 0.5) is 5.69 Å². The molecule has 1 heterocycles. The molecular formula is C19H19N3O3S. The first-order chi connectivity index (χ1) is 12.6. The number of para-hydroxylation sites is 2. The molecule has 1 unspecified atom stereocenters. The highest BCUT2D eigenvalue weighted by Crippen LogP contribution is 2.23. The number of carbonyl (C=O) groups excluding carboxylic acids is 2. The van der Waals surface area contributed by atoms with E-state index in [4.69, 9.17) is 17.0 Å². The summed E-state index contributed by atoms with van der Waals surface area (Å²) in [5.41, 5.74) is 1.30. The van der Waals surface area contributed by atoms with Crippen molar-refractivity contribution in [2.24, 2.45) is 10.9 Å². The summed E-state index contributed by atoms with van der Waals surface area (Å²) in [5.74, 6) is -0.0124. The summed E-state index contributed by atoms with van der Waals surface area (Å²) in [6.45, 7) is 0.363. The number of amides is 2. The van der Waals surface area contributed by atoms with Gasteiger partial charge in [0.15, 0.2) is 0 Å². The number of benzene rings is 1. The van der Waals surface area contributed by atoms with Gasteiger partial charge in [0.1, 0.15) is 5.75 Å². The Bertz CT molecular complexity index is 829. The molecule has 0 saturated heterocycles. The van der Waals surface area contributed by atoms with Gasteiger partial charge in [-0.1, -0.05) is 30.4 Å². The van der Waals surface area contributed by atoms with Gasteiger partial charge in [-0.25, -0.2) is 4.99 Å². The fourth-order valence-corrected chi connectivity index (χ4v) is 3.13. The van der Waals surface area contributed by atoms with E-state index in [1.807, 2.05) is 30.4 Å². The molecule has 0 fully saturated rings. The summed E-state index contributed by atoms with van der Waals surface area (Å²) in [4.78, 5) is 30.5. The van der Waals surface area contributed by atoms with E-state index in [9.17, 15) is 9.59 Å². The summed E-state index contributed by atoms with van der Waals surface area (Å²) >= 11 is 5.23. The molecule has 134 valence electrons. The van der Waals surface area contributed by atoms with E-state index < -0.39 is 0 Å². The van der Waals surface area contributed by atoms with Crippen LogP contribution in [-0.4, -0.2) is 41.2 Å². The first-order valence-electron chi connectivity index (χ1n) is 8.32. The van der Waals surface area contributed by atoms with Crippen LogP contribution in [0.1, 0.15) is 12.8 Å². The third-order valence-corrected chi connectivity index (χ3v) is 4.47. The van der Waals surface area contributed by atoms with Crippen molar-refractivity contribution < 1.29 is 14.3 Å². The Morgan fingerprint density at radius 3 is 2.96 bits per heavy atom. The molecule has 3 rings (SSSR count). The molecule has 0 spiro atoms. The predicted octanol–water partition coefficient (Wildman–Crippen LogP) is 2.72. The zero-order valence-electron chi connectivity index (χ0n) is 14.3. The van der Waals surface area contributed by atoms with E-state index >= 15 is 0 Å². The van der Waals surface area contributed by atoms with Crippen LogP contribution in [0.3, 0.4) is 0 Å². The molecule has 1 aromatic rings. The molecule has 1 aliphatic heterocycles.